The molecule has 0 bridgehead atoms. The van der Waals surface area contributed by atoms with Gasteiger partial charge in [-0.05, 0) is 19.1 Å². The van der Waals surface area contributed by atoms with Gasteiger partial charge in [0.05, 0.1) is 31.4 Å². The number of ether oxygens (including phenoxy) is 2. The van der Waals surface area contributed by atoms with Crippen LogP contribution in [0.15, 0.2) is 18.3 Å². The van der Waals surface area contributed by atoms with Crippen molar-refractivity contribution < 1.29 is 14.3 Å². The van der Waals surface area contributed by atoms with Gasteiger partial charge in [-0.15, -0.1) is 0 Å². The lowest BCUT2D eigenvalue weighted by Crippen LogP contribution is -2.44. The van der Waals surface area contributed by atoms with E-state index in [1.54, 1.807) is 19.4 Å². The number of nitrogens with one attached hydrogen (secondary N) is 1. The van der Waals surface area contributed by atoms with Gasteiger partial charge < -0.3 is 19.7 Å². The molecule has 0 aromatic carbocycles. The Morgan fingerprint density at radius 3 is 3.10 bits per heavy atom. The molecular formula is C14H21N3O3. The molecule has 1 aromatic rings. The number of carbonyl (C=O) groups excluding carboxylic acids is 1. The van der Waals surface area contributed by atoms with Crippen LogP contribution in [0.4, 0.5) is 5.82 Å². The third-order valence-electron chi connectivity index (χ3n) is 3.26. The lowest BCUT2D eigenvalue weighted by atomic mass is 10.2. The lowest BCUT2D eigenvalue weighted by Gasteiger charge is -2.34. The van der Waals surface area contributed by atoms with E-state index in [-0.39, 0.29) is 5.91 Å². The molecule has 110 valence electrons. The number of morpholine rings is 1. The average molecular weight is 279 g/mol. The summed E-state index contributed by atoms with van der Waals surface area (Å²) < 4.78 is 10.3. The fraction of sp³-hybridized carbons (Fsp3) is 0.571. The van der Waals surface area contributed by atoms with E-state index in [1.807, 2.05) is 6.07 Å². The number of amides is 1. The first-order chi connectivity index (χ1) is 9.72. The summed E-state index contributed by atoms with van der Waals surface area (Å²) in [6.45, 7) is 5.35. The summed E-state index contributed by atoms with van der Waals surface area (Å²) in [5.74, 6) is 0.755. The molecule has 1 atom stereocenters. The largest absolute Gasteiger partial charge is 0.383 e. The summed E-state index contributed by atoms with van der Waals surface area (Å²) in [7, 11) is 1.60. The molecule has 0 saturated carbocycles. The molecule has 6 nitrogen and oxygen atoms in total. The van der Waals surface area contributed by atoms with Crippen LogP contribution in [0.1, 0.15) is 17.3 Å². The molecule has 2 heterocycles. The van der Waals surface area contributed by atoms with Crippen LogP contribution in [-0.4, -0.2) is 57.0 Å². The molecular weight excluding hydrogens is 258 g/mol. The van der Waals surface area contributed by atoms with Crippen LogP contribution in [-0.2, 0) is 9.47 Å². The Morgan fingerprint density at radius 1 is 1.60 bits per heavy atom. The lowest BCUT2D eigenvalue weighted by molar-refractivity contribution is 0.0936. The zero-order valence-corrected chi connectivity index (χ0v) is 12.0. The number of nitrogens with zero attached hydrogens (tertiary/aromatic N) is 2. The number of hydrogen-bond acceptors (Lipinski definition) is 5. The van der Waals surface area contributed by atoms with E-state index >= 15 is 0 Å². The Morgan fingerprint density at radius 2 is 2.45 bits per heavy atom. The minimum absolute atomic E-state index is 0.129. The van der Waals surface area contributed by atoms with Crippen LogP contribution >= 0.6 is 0 Å². The molecule has 0 radical (unpaired) electrons. The molecule has 0 spiro atoms. The van der Waals surface area contributed by atoms with E-state index in [9.17, 15) is 4.79 Å². The first-order valence-electron chi connectivity index (χ1n) is 6.80. The molecule has 1 N–H and O–H groups in total. The maximum atomic E-state index is 11.8. The van der Waals surface area contributed by atoms with Crippen molar-refractivity contribution in [3.8, 4) is 0 Å². The second-order valence-corrected chi connectivity index (χ2v) is 4.77. The number of hydrogen-bond donors (Lipinski definition) is 1. The highest BCUT2D eigenvalue weighted by Gasteiger charge is 2.20. The maximum Gasteiger partial charge on any atom is 0.252 e. The van der Waals surface area contributed by atoms with Crippen LogP contribution < -0.4 is 10.2 Å². The highest BCUT2D eigenvalue weighted by atomic mass is 16.5. The molecule has 2 rings (SSSR count). The smallest absolute Gasteiger partial charge is 0.252 e. The van der Waals surface area contributed by atoms with Gasteiger partial charge in [0.25, 0.3) is 5.91 Å². The SMILES string of the molecule is COCCNC(=O)c1ccc(N2CCOCC2C)nc1. The van der Waals surface area contributed by atoms with E-state index in [2.05, 4.69) is 22.1 Å². The molecule has 1 saturated heterocycles. The van der Waals surface area contributed by atoms with E-state index in [1.165, 1.54) is 0 Å². The van der Waals surface area contributed by atoms with E-state index in [0.717, 1.165) is 12.4 Å². The summed E-state index contributed by atoms with van der Waals surface area (Å²) in [4.78, 5) is 18.4. The minimum atomic E-state index is -0.129. The van der Waals surface area contributed by atoms with Gasteiger partial charge in [0.15, 0.2) is 0 Å². The topological polar surface area (TPSA) is 63.7 Å². The van der Waals surface area contributed by atoms with Crippen molar-refractivity contribution >= 4 is 11.7 Å². The first-order valence-corrected chi connectivity index (χ1v) is 6.80. The molecule has 1 unspecified atom stereocenters. The number of aromatic nitrogens is 1. The summed E-state index contributed by atoms with van der Waals surface area (Å²) in [6.07, 6.45) is 1.61. The molecule has 0 aliphatic carbocycles. The number of carbonyl (C=O) groups is 1. The molecule has 1 aromatic heterocycles. The van der Waals surface area contributed by atoms with Gasteiger partial charge >= 0.3 is 0 Å². The Labute approximate surface area is 119 Å². The van der Waals surface area contributed by atoms with Crippen molar-refractivity contribution in [1.29, 1.82) is 0 Å². The summed E-state index contributed by atoms with van der Waals surface area (Å²) in [5.41, 5.74) is 0.561. The molecule has 6 heteroatoms. The number of methoxy groups -OCH3 is 1. The highest BCUT2D eigenvalue weighted by molar-refractivity contribution is 5.94. The number of pyridine rings is 1. The predicted octanol–water partition coefficient (Wildman–Crippen LogP) is 0.683. The van der Waals surface area contributed by atoms with Gasteiger partial charge in [0.1, 0.15) is 5.82 Å². The third-order valence-corrected chi connectivity index (χ3v) is 3.26. The normalized spacial score (nSPS) is 18.9. The van der Waals surface area contributed by atoms with Crippen molar-refractivity contribution in [2.24, 2.45) is 0 Å². The Kier molecular flexibility index (Phi) is 5.31. The van der Waals surface area contributed by atoms with E-state index < -0.39 is 0 Å². The monoisotopic (exact) mass is 279 g/mol. The van der Waals surface area contributed by atoms with Crippen LogP contribution in [0.2, 0.25) is 0 Å². The van der Waals surface area contributed by atoms with Gasteiger partial charge in [-0.25, -0.2) is 4.98 Å². The number of rotatable bonds is 5. The molecule has 20 heavy (non-hydrogen) atoms. The molecule has 1 amide bonds. The van der Waals surface area contributed by atoms with Gasteiger partial charge in [-0.2, -0.15) is 0 Å². The van der Waals surface area contributed by atoms with Gasteiger partial charge in [-0.1, -0.05) is 0 Å². The Hall–Kier alpha value is -1.66. The van der Waals surface area contributed by atoms with Crippen molar-refractivity contribution in [2.75, 3.05) is 44.9 Å². The van der Waals surface area contributed by atoms with Crippen molar-refractivity contribution in [3.05, 3.63) is 23.9 Å². The minimum Gasteiger partial charge on any atom is -0.383 e. The van der Waals surface area contributed by atoms with Crippen LogP contribution in [0.5, 0.6) is 0 Å². The maximum absolute atomic E-state index is 11.8. The zero-order valence-electron chi connectivity index (χ0n) is 12.0. The first kappa shape index (κ1) is 14.7. The predicted molar refractivity (Wildman–Crippen MR) is 76.1 cm³/mol. The summed E-state index contributed by atoms with van der Waals surface area (Å²) in [5, 5.41) is 2.77. The van der Waals surface area contributed by atoms with E-state index in [0.29, 0.717) is 38.0 Å². The fourth-order valence-electron chi connectivity index (χ4n) is 2.13. The average Bonchev–Trinajstić information content (AvgIpc) is 2.48. The Balaban J connectivity index is 1.96. The van der Waals surface area contributed by atoms with Crippen LogP contribution in [0.3, 0.4) is 0 Å². The van der Waals surface area contributed by atoms with Gasteiger partial charge in [0.2, 0.25) is 0 Å². The number of anilines is 1. The van der Waals surface area contributed by atoms with E-state index in [4.69, 9.17) is 9.47 Å². The van der Waals surface area contributed by atoms with Gasteiger partial charge in [0, 0.05) is 26.4 Å². The highest BCUT2D eigenvalue weighted by Crippen LogP contribution is 2.17. The van der Waals surface area contributed by atoms with Crippen molar-refractivity contribution in [1.82, 2.24) is 10.3 Å². The van der Waals surface area contributed by atoms with Crippen LogP contribution in [0, 0.1) is 0 Å². The standard InChI is InChI=1S/C14H21N3O3/c1-11-10-20-8-6-17(11)13-4-3-12(9-16-13)14(18)15-5-7-19-2/h3-4,9,11H,5-8,10H2,1-2H3,(H,15,18). The fourth-order valence-corrected chi connectivity index (χ4v) is 2.13. The second-order valence-electron chi connectivity index (χ2n) is 4.77. The van der Waals surface area contributed by atoms with Crippen molar-refractivity contribution in [2.45, 2.75) is 13.0 Å². The third kappa shape index (κ3) is 3.68. The zero-order chi connectivity index (χ0) is 14.4. The van der Waals surface area contributed by atoms with Gasteiger partial charge in [-0.3, -0.25) is 4.79 Å². The molecule has 1 fully saturated rings. The summed E-state index contributed by atoms with van der Waals surface area (Å²) >= 11 is 0. The Bertz CT molecular complexity index is 436. The molecule has 1 aliphatic rings. The summed E-state index contributed by atoms with van der Waals surface area (Å²) in [6, 6.07) is 3.98. The second kappa shape index (κ2) is 7.21. The van der Waals surface area contributed by atoms with Crippen molar-refractivity contribution in [3.63, 3.8) is 0 Å². The quantitative estimate of drug-likeness (QED) is 0.803. The molecule has 1 aliphatic heterocycles. The van der Waals surface area contributed by atoms with Crippen LogP contribution in [0.25, 0.3) is 0 Å².